The van der Waals surface area contributed by atoms with Crippen LogP contribution in [0, 0.1) is 5.92 Å². The van der Waals surface area contributed by atoms with E-state index in [9.17, 15) is 5.11 Å². The molecule has 0 spiro atoms. The van der Waals surface area contributed by atoms with Crippen molar-refractivity contribution < 1.29 is 5.11 Å². The molecule has 0 radical (unpaired) electrons. The SMILES string of the molecule is Cl.Cl.OC1CCC1C(CN1CCNCC1)c1ccc(-c2cc(Cl)cc(Cl)c2)cc1. The van der Waals surface area contributed by atoms with Gasteiger partial charge in [-0.15, -0.1) is 24.8 Å². The number of nitrogens with zero attached hydrogens (tertiary/aromatic N) is 1. The first-order valence-electron chi connectivity index (χ1n) is 9.78. The number of aliphatic hydroxyl groups excluding tert-OH is 1. The summed E-state index contributed by atoms with van der Waals surface area (Å²) in [7, 11) is 0. The van der Waals surface area contributed by atoms with Crippen LogP contribution in [0.5, 0.6) is 0 Å². The van der Waals surface area contributed by atoms with Gasteiger partial charge in [-0.1, -0.05) is 47.5 Å². The summed E-state index contributed by atoms with van der Waals surface area (Å²) in [6.07, 6.45) is 1.88. The van der Waals surface area contributed by atoms with Crippen molar-refractivity contribution in [3.05, 3.63) is 58.1 Å². The molecule has 0 bridgehead atoms. The zero-order valence-corrected chi connectivity index (χ0v) is 19.3. The van der Waals surface area contributed by atoms with Crippen molar-refractivity contribution in [3.63, 3.8) is 0 Å². The molecule has 2 aromatic carbocycles. The highest BCUT2D eigenvalue weighted by Crippen LogP contribution is 2.40. The maximum atomic E-state index is 10.3. The van der Waals surface area contributed by atoms with Crippen LogP contribution in [0.3, 0.4) is 0 Å². The normalized spacial score (nSPS) is 22.7. The summed E-state index contributed by atoms with van der Waals surface area (Å²) in [4.78, 5) is 2.52. The molecule has 1 saturated carbocycles. The summed E-state index contributed by atoms with van der Waals surface area (Å²) in [5, 5.41) is 15.0. The molecule has 2 fully saturated rings. The van der Waals surface area contributed by atoms with Gasteiger partial charge in [-0.05, 0) is 53.6 Å². The smallest absolute Gasteiger partial charge is 0.0574 e. The topological polar surface area (TPSA) is 35.5 Å². The van der Waals surface area contributed by atoms with Crippen LogP contribution < -0.4 is 5.32 Å². The molecule has 0 amide bonds. The van der Waals surface area contributed by atoms with E-state index in [-0.39, 0.29) is 30.9 Å². The third kappa shape index (κ3) is 6.01. The Labute approximate surface area is 195 Å². The van der Waals surface area contributed by atoms with Crippen LogP contribution in [0.2, 0.25) is 10.0 Å². The standard InChI is InChI=1S/C22H26Cl2N2O.2ClH/c23-18-11-17(12-19(24)13-18)15-1-3-16(4-2-15)21(20-5-6-22(20)27)14-26-9-7-25-8-10-26;;/h1-4,11-13,20-22,25,27H,5-10,14H2;2*1H. The molecule has 0 aromatic heterocycles. The first-order chi connectivity index (χ1) is 13.1. The second kappa shape index (κ2) is 11.2. The molecule has 7 heteroatoms. The summed E-state index contributed by atoms with van der Waals surface area (Å²) in [6.45, 7) is 5.28. The Kier molecular flexibility index (Phi) is 9.56. The number of hydrogen-bond acceptors (Lipinski definition) is 3. The average Bonchev–Trinajstić information content (AvgIpc) is 2.66. The number of halogens is 4. The lowest BCUT2D eigenvalue weighted by atomic mass is 9.70. The highest BCUT2D eigenvalue weighted by Gasteiger charge is 2.37. The minimum atomic E-state index is -0.163. The van der Waals surface area contributed by atoms with Crippen LogP contribution in [0.15, 0.2) is 42.5 Å². The maximum Gasteiger partial charge on any atom is 0.0574 e. The van der Waals surface area contributed by atoms with Gasteiger partial charge in [0.15, 0.2) is 0 Å². The number of rotatable bonds is 5. The van der Waals surface area contributed by atoms with Gasteiger partial charge in [-0.2, -0.15) is 0 Å². The maximum absolute atomic E-state index is 10.3. The Morgan fingerprint density at radius 3 is 2.07 bits per heavy atom. The van der Waals surface area contributed by atoms with Crippen LogP contribution >= 0.6 is 48.0 Å². The number of benzene rings is 2. The van der Waals surface area contributed by atoms with E-state index in [0.717, 1.165) is 56.7 Å². The molecule has 29 heavy (non-hydrogen) atoms. The third-order valence-electron chi connectivity index (χ3n) is 6.01. The molecule has 3 unspecified atom stereocenters. The molecule has 2 N–H and O–H groups in total. The molecular weight excluding hydrogens is 450 g/mol. The predicted octanol–water partition coefficient (Wildman–Crippen LogP) is 5.26. The minimum absolute atomic E-state index is 0. The van der Waals surface area contributed by atoms with Crippen LogP contribution in [-0.4, -0.2) is 48.8 Å². The average molecular weight is 478 g/mol. The fourth-order valence-corrected chi connectivity index (χ4v) is 4.81. The van der Waals surface area contributed by atoms with E-state index >= 15 is 0 Å². The Bertz CT molecular complexity index is 761. The number of aliphatic hydroxyl groups is 1. The molecule has 1 saturated heterocycles. The molecule has 1 aliphatic carbocycles. The van der Waals surface area contributed by atoms with Gasteiger partial charge in [0.2, 0.25) is 0 Å². The second-order valence-corrected chi connectivity index (χ2v) is 8.62. The Morgan fingerprint density at radius 2 is 1.55 bits per heavy atom. The van der Waals surface area contributed by atoms with Crippen LogP contribution in [0.1, 0.15) is 24.3 Å². The van der Waals surface area contributed by atoms with Crippen LogP contribution in [-0.2, 0) is 0 Å². The summed E-state index contributed by atoms with van der Waals surface area (Å²) in [6, 6.07) is 14.3. The van der Waals surface area contributed by atoms with Crippen LogP contribution in [0.4, 0.5) is 0 Å². The van der Waals surface area contributed by atoms with E-state index in [1.54, 1.807) is 6.07 Å². The van der Waals surface area contributed by atoms with Crippen molar-refractivity contribution in [2.75, 3.05) is 32.7 Å². The van der Waals surface area contributed by atoms with E-state index in [1.807, 2.05) is 12.1 Å². The Morgan fingerprint density at radius 1 is 0.931 bits per heavy atom. The first kappa shape index (κ1) is 24.7. The van der Waals surface area contributed by atoms with Crippen molar-refractivity contribution in [1.82, 2.24) is 10.2 Å². The van der Waals surface area contributed by atoms with E-state index in [2.05, 4.69) is 34.5 Å². The number of hydrogen-bond donors (Lipinski definition) is 2. The lowest BCUT2D eigenvalue weighted by molar-refractivity contribution is 0.000671. The molecule has 2 aromatic rings. The highest BCUT2D eigenvalue weighted by molar-refractivity contribution is 6.35. The van der Waals surface area contributed by atoms with Crippen molar-refractivity contribution in [2.24, 2.45) is 5.92 Å². The van der Waals surface area contributed by atoms with Gasteiger partial charge >= 0.3 is 0 Å². The van der Waals surface area contributed by atoms with Crippen molar-refractivity contribution in [2.45, 2.75) is 24.9 Å². The quantitative estimate of drug-likeness (QED) is 0.616. The van der Waals surface area contributed by atoms with Gasteiger partial charge < -0.3 is 15.3 Å². The predicted molar refractivity (Wildman–Crippen MR) is 127 cm³/mol. The summed E-state index contributed by atoms with van der Waals surface area (Å²) in [5.41, 5.74) is 3.45. The molecule has 3 atom stereocenters. The van der Waals surface area contributed by atoms with E-state index < -0.39 is 0 Å². The van der Waals surface area contributed by atoms with Gasteiger partial charge in [0.1, 0.15) is 0 Å². The monoisotopic (exact) mass is 476 g/mol. The lowest BCUT2D eigenvalue weighted by Crippen LogP contribution is -2.47. The van der Waals surface area contributed by atoms with Crippen LogP contribution in [0.25, 0.3) is 11.1 Å². The highest BCUT2D eigenvalue weighted by atomic mass is 35.5. The Hall–Kier alpha value is -0.520. The Balaban J connectivity index is 0.00000150. The molecule has 3 nitrogen and oxygen atoms in total. The molecule has 2 aliphatic rings. The zero-order valence-electron chi connectivity index (χ0n) is 16.2. The molecule has 1 heterocycles. The second-order valence-electron chi connectivity index (χ2n) is 7.75. The van der Waals surface area contributed by atoms with Gasteiger partial charge in [0.05, 0.1) is 6.10 Å². The van der Waals surface area contributed by atoms with Gasteiger partial charge in [0.25, 0.3) is 0 Å². The largest absolute Gasteiger partial charge is 0.393 e. The van der Waals surface area contributed by atoms with Crippen molar-refractivity contribution >= 4 is 48.0 Å². The molecule has 1 aliphatic heterocycles. The molecular formula is C22H28Cl4N2O. The fraction of sp³-hybridized carbons (Fsp3) is 0.455. The first-order valence-corrected chi connectivity index (χ1v) is 10.5. The number of nitrogens with one attached hydrogen (secondary N) is 1. The summed E-state index contributed by atoms with van der Waals surface area (Å²) < 4.78 is 0. The number of piperazine rings is 1. The van der Waals surface area contributed by atoms with E-state index in [4.69, 9.17) is 23.2 Å². The van der Waals surface area contributed by atoms with Gasteiger partial charge in [0, 0.05) is 48.7 Å². The fourth-order valence-electron chi connectivity index (χ4n) is 4.28. The molecule has 160 valence electrons. The summed E-state index contributed by atoms with van der Waals surface area (Å²) >= 11 is 12.3. The van der Waals surface area contributed by atoms with E-state index in [0.29, 0.717) is 21.9 Å². The minimum Gasteiger partial charge on any atom is -0.393 e. The summed E-state index contributed by atoms with van der Waals surface area (Å²) in [5.74, 6) is 0.746. The van der Waals surface area contributed by atoms with E-state index in [1.165, 1.54) is 5.56 Å². The lowest BCUT2D eigenvalue weighted by Gasteiger charge is -2.42. The van der Waals surface area contributed by atoms with Crippen molar-refractivity contribution in [3.8, 4) is 11.1 Å². The van der Waals surface area contributed by atoms with Gasteiger partial charge in [-0.25, -0.2) is 0 Å². The van der Waals surface area contributed by atoms with Crippen molar-refractivity contribution in [1.29, 1.82) is 0 Å². The molecule has 4 rings (SSSR count). The third-order valence-corrected chi connectivity index (χ3v) is 6.44. The van der Waals surface area contributed by atoms with Gasteiger partial charge in [-0.3, -0.25) is 0 Å². The zero-order chi connectivity index (χ0) is 18.8.